The Morgan fingerprint density at radius 2 is 2.29 bits per heavy atom. The molecule has 1 amide bonds. The van der Waals surface area contributed by atoms with Crippen LogP contribution in [0.5, 0.6) is 0 Å². The van der Waals surface area contributed by atoms with Gasteiger partial charge in [0, 0.05) is 6.04 Å². The van der Waals surface area contributed by atoms with Crippen LogP contribution in [0.25, 0.3) is 0 Å². The standard InChI is InChI=1S/C11H14N2O3S/c12-8-4-6-17-10(8)11(15)16-5-3-9(14)13-7-1-2-7/h4,6-7H,1-3,5,12H2,(H,13,14). The average Bonchev–Trinajstić information content (AvgIpc) is 2.98. The second kappa shape index (κ2) is 5.18. The topological polar surface area (TPSA) is 81.4 Å². The maximum absolute atomic E-state index is 11.5. The van der Waals surface area contributed by atoms with Crippen LogP contribution in [-0.4, -0.2) is 24.5 Å². The van der Waals surface area contributed by atoms with Crippen molar-refractivity contribution in [1.29, 1.82) is 0 Å². The van der Waals surface area contributed by atoms with E-state index in [4.69, 9.17) is 10.5 Å². The molecule has 0 bridgehead atoms. The van der Waals surface area contributed by atoms with Crippen molar-refractivity contribution < 1.29 is 14.3 Å². The first-order valence-electron chi connectivity index (χ1n) is 5.46. The van der Waals surface area contributed by atoms with Crippen molar-refractivity contribution in [3.8, 4) is 0 Å². The number of nitrogens with two attached hydrogens (primary N) is 1. The van der Waals surface area contributed by atoms with Crippen LogP contribution < -0.4 is 11.1 Å². The maximum atomic E-state index is 11.5. The monoisotopic (exact) mass is 254 g/mol. The van der Waals surface area contributed by atoms with Crippen molar-refractivity contribution in [2.75, 3.05) is 12.3 Å². The highest BCUT2D eigenvalue weighted by Crippen LogP contribution is 2.20. The number of nitrogen functional groups attached to an aromatic ring is 1. The van der Waals surface area contributed by atoms with E-state index in [0.29, 0.717) is 16.6 Å². The van der Waals surface area contributed by atoms with Gasteiger partial charge in [-0.05, 0) is 24.3 Å². The first-order chi connectivity index (χ1) is 8.16. The summed E-state index contributed by atoms with van der Waals surface area (Å²) in [6, 6.07) is 1.99. The first kappa shape index (κ1) is 11.9. The van der Waals surface area contributed by atoms with Gasteiger partial charge in [-0.2, -0.15) is 0 Å². The number of amides is 1. The number of ether oxygens (including phenoxy) is 1. The van der Waals surface area contributed by atoms with Gasteiger partial charge < -0.3 is 15.8 Å². The number of thiophene rings is 1. The molecule has 3 N–H and O–H groups in total. The minimum atomic E-state index is -0.461. The number of hydrogen-bond donors (Lipinski definition) is 2. The van der Waals surface area contributed by atoms with Crippen molar-refractivity contribution in [3.63, 3.8) is 0 Å². The highest BCUT2D eigenvalue weighted by Gasteiger charge is 2.23. The van der Waals surface area contributed by atoms with E-state index in [-0.39, 0.29) is 18.9 Å². The Kier molecular flexibility index (Phi) is 3.63. The minimum Gasteiger partial charge on any atom is -0.461 e. The molecule has 17 heavy (non-hydrogen) atoms. The van der Waals surface area contributed by atoms with Gasteiger partial charge in [0.15, 0.2) is 0 Å². The molecule has 1 saturated carbocycles. The van der Waals surface area contributed by atoms with E-state index in [9.17, 15) is 9.59 Å². The molecule has 1 aliphatic rings. The van der Waals surface area contributed by atoms with Crippen LogP contribution in [0.1, 0.15) is 28.9 Å². The Balaban J connectivity index is 1.69. The molecule has 92 valence electrons. The summed E-state index contributed by atoms with van der Waals surface area (Å²) < 4.78 is 4.97. The molecule has 0 atom stereocenters. The third-order valence-electron chi connectivity index (χ3n) is 2.39. The number of esters is 1. The van der Waals surface area contributed by atoms with Crippen LogP contribution in [0.2, 0.25) is 0 Å². The van der Waals surface area contributed by atoms with Gasteiger partial charge in [0.1, 0.15) is 11.5 Å². The fourth-order valence-corrected chi connectivity index (χ4v) is 2.02. The third-order valence-corrected chi connectivity index (χ3v) is 3.30. The molecule has 0 radical (unpaired) electrons. The van der Waals surface area contributed by atoms with Gasteiger partial charge >= 0.3 is 5.97 Å². The summed E-state index contributed by atoms with van der Waals surface area (Å²) in [6.45, 7) is 0.0920. The molecule has 0 saturated heterocycles. The van der Waals surface area contributed by atoms with Crippen LogP contribution in [-0.2, 0) is 9.53 Å². The lowest BCUT2D eigenvalue weighted by molar-refractivity contribution is -0.121. The second-order valence-corrected chi connectivity index (χ2v) is 4.85. The summed E-state index contributed by atoms with van der Waals surface area (Å²) >= 11 is 1.24. The van der Waals surface area contributed by atoms with Gasteiger partial charge in [0.25, 0.3) is 0 Å². The van der Waals surface area contributed by atoms with Crippen molar-refractivity contribution in [1.82, 2.24) is 5.32 Å². The molecule has 2 rings (SSSR count). The molecule has 0 spiro atoms. The van der Waals surface area contributed by atoms with Gasteiger partial charge in [-0.1, -0.05) is 0 Å². The van der Waals surface area contributed by atoms with Crippen molar-refractivity contribution >= 4 is 28.9 Å². The number of carbonyl (C=O) groups is 2. The lowest BCUT2D eigenvalue weighted by Crippen LogP contribution is -2.26. The highest BCUT2D eigenvalue weighted by atomic mass is 32.1. The van der Waals surface area contributed by atoms with Gasteiger partial charge in [0.05, 0.1) is 12.1 Å². The van der Waals surface area contributed by atoms with E-state index in [1.165, 1.54) is 11.3 Å². The predicted octanol–water partition coefficient (Wildman–Crippen LogP) is 1.16. The summed E-state index contributed by atoms with van der Waals surface area (Å²) in [5, 5.41) is 4.55. The van der Waals surface area contributed by atoms with Crippen LogP contribution in [0.3, 0.4) is 0 Å². The minimum absolute atomic E-state index is 0.0700. The van der Waals surface area contributed by atoms with E-state index in [1.54, 1.807) is 11.4 Å². The molecule has 0 unspecified atom stereocenters. The van der Waals surface area contributed by atoms with Crippen LogP contribution in [0.4, 0.5) is 5.69 Å². The highest BCUT2D eigenvalue weighted by molar-refractivity contribution is 7.12. The Bertz CT molecular complexity index is 426. The van der Waals surface area contributed by atoms with Crippen LogP contribution in [0, 0.1) is 0 Å². The van der Waals surface area contributed by atoms with Crippen molar-refractivity contribution in [3.05, 3.63) is 16.3 Å². The smallest absolute Gasteiger partial charge is 0.350 e. The first-order valence-corrected chi connectivity index (χ1v) is 6.34. The lowest BCUT2D eigenvalue weighted by atomic mass is 10.4. The summed E-state index contributed by atoms with van der Waals surface area (Å²) in [6.07, 6.45) is 2.31. The fraction of sp³-hybridized carbons (Fsp3) is 0.455. The fourth-order valence-electron chi connectivity index (χ4n) is 1.31. The molecule has 0 aromatic carbocycles. The molecular formula is C11H14N2O3S. The van der Waals surface area contributed by atoms with E-state index < -0.39 is 5.97 Å². The number of hydrogen-bond acceptors (Lipinski definition) is 5. The number of anilines is 1. The Labute approximate surface area is 103 Å². The second-order valence-electron chi connectivity index (χ2n) is 3.93. The molecule has 5 nitrogen and oxygen atoms in total. The molecule has 0 aliphatic heterocycles. The maximum Gasteiger partial charge on any atom is 0.350 e. The van der Waals surface area contributed by atoms with E-state index in [1.807, 2.05) is 0 Å². The summed E-state index contributed by atoms with van der Waals surface area (Å²) in [5.74, 6) is -0.531. The predicted molar refractivity (Wildman–Crippen MR) is 64.8 cm³/mol. The Morgan fingerprint density at radius 3 is 2.88 bits per heavy atom. The van der Waals surface area contributed by atoms with Crippen LogP contribution in [0.15, 0.2) is 11.4 Å². The number of rotatable bonds is 5. The molecule has 1 aliphatic carbocycles. The largest absolute Gasteiger partial charge is 0.461 e. The summed E-state index contributed by atoms with van der Waals surface area (Å²) in [7, 11) is 0. The molecular weight excluding hydrogens is 240 g/mol. The van der Waals surface area contributed by atoms with Gasteiger partial charge in [0.2, 0.25) is 5.91 Å². The van der Waals surface area contributed by atoms with Crippen molar-refractivity contribution in [2.45, 2.75) is 25.3 Å². The molecule has 6 heteroatoms. The Morgan fingerprint density at radius 1 is 1.53 bits per heavy atom. The number of nitrogens with one attached hydrogen (secondary N) is 1. The average molecular weight is 254 g/mol. The lowest BCUT2D eigenvalue weighted by Gasteiger charge is -2.04. The van der Waals surface area contributed by atoms with Gasteiger partial charge in [-0.25, -0.2) is 4.79 Å². The quantitative estimate of drug-likeness (QED) is 0.772. The zero-order valence-corrected chi connectivity index (χ0v) is 10.1. The normalized spacial score (nSPS) is 14.4. The zero-order valence-electron chi connectivity index (χ0n) is 9.27. The van der Waals surface area contributed by atoms with E-state index >= 15 is 0 Å². The molecule has 1 heterocycles. The summed E-state index contributed by atoms with van der Waals surface area (Å²) in [4.78, 5) is 23.2. The van der Waals surface area contributed by atoms with E-state index in [0.717, 1.165) is 12.8 Å². The van der Waals surface area contributed by atoms with Crippen LogP contribution >= 0.6 is 11.3 Å². The van der Waals surface area contributed by atoms with Gasteiger partial charge in [-0.15, -0.1) is 11.3 Å². The molecule has 1 aromatic heterocycles. The molecule has 1 aromatic rings. The van der Waals surface area contributed by atoms with Crippen molar-refractivity contribution in [2.24, 2.45) is 0 Å². The zero-order chi connectivity index (χ0) is 12.3. The van der Waals surface area contributed by atoms with E-state index in [2.05, 4.69) is 5.32 Å². The third kappa shape index (κ3) is 3.45. The Hall–Kier alpha value is -1.56. The van der Waals surface area contributed by atoms with Gasteiger partial charge in [-0.3, -0.25) is 4.79 Å². The molecule has 1 fully saturated rings. The SMILES string of the molecule is Nc1ccsc1C(=O)OCCC(=O)NC1CC1. The summed E-state index contributed by atoms with van der Waals surface area (Å²) in [5.41, 5.74) is 6.00. The number of carbonyl (C=O) groups excluding carboxylic acids is 2.